The lowest BCUT2D eigenvalue weighted by Gasteiger charge is -2.15. The monoisotopic (exact) mass is 301 g/mol. The molecule has 1 saturated heterocycles. The van der Waals surface area contributed by atoms with E-state index >= 15 is 0 Å². The van der Waals surface area contributed by atoms with Crippen molar-refractivity contribution in [3.63, 3.8) is 0 Å². The van der Waals surface area contributed by atoms with Crippen molar-refractivity contribution < 1.29 is 9.84 Å². The van der Waals surface area contributed by atoms with E-state index in [-0.39, 0.29) is 6.10 Å². The molecule has 5 nitrogen and oxygen atoms in total. The molecule has 7 heteroatoms. The molecule has 1 aliphatic heterocycles. The highest BCUT2D eigenvalue weighted by Gasteiger charge is 2.32. The Bertz CT molecular complexity index is 597. The summed E-state index contributed by atoms with van der Waals surface area (Å²) in [7, 11) is 1.63. The summed E-state index contributed by atoms with van der Waals surface area (Å²) in [6.07, 6.45) is -0.554. The molecule has 0 bridgehead atoms. The number of likely N-dealkylation sites (tertiary alicyclic amines) is 1. The maximum absolute atomic E-state index is 9.87. The summed E-state index contributed by atoms with van der Waals surface area (Å²) in [6, 6.07) is 0. The average molecular weight is 302 g/mol. The third-order valence-electron chi connectivity index (χ3n) is 3.57. The number of hydrogen-bond donors (Lipinski definition) is 1. The number of methoxy groups -OCH3 is 1. The van der Waals surface area contributed by atoms with E-state index in [4.69, 9.17) is 16.3 Å². The Hall–Kier alpha value is -0.660. The van der Waals surface area contributed by atoms with Gasteiger partial charge in [0.05, 0.1) is 17.9 Å². The number of imidazole rings is 1. The van der Waals surface area contributed by atoms with Crippen LogP contribution in [0.1, 0.15) is 11.4 Å². The minimum absolute atomic E-state index is 0.120. The van der Waals surface area contributed by atoms with Gasteiger partial charge in [0.1, 0.15) is 0 Å². The van der Waals surface area contributed by atoms with Crippen molar-refractivity contribution in [2.24, 2.45) is 0 Å². The maximum atomic E-state index is 9.87. The highest BCUT2D eigenvalue weighted by molar-refractivity contribution is 7.15. The fourth-order valence-electron chi connectivity index (χ4n) is 2.58. The summed E-state index contributed by atoms with van der Waals surface area (Å²) < 4.78 is 7.34. The predicted molar refractivity (Wildman–Crippen MR) is 74.9 cm³/mol. The van der Waals surface area contributed by atoms with E-state index in [9.17, 15) is 5.11 Å². The van der Waals surface area contributed by atoms with Crippen molar-refractivity contribution in [1.29, 1.82) is 0 Å². The zero-order chi connectivity index (χ0) is 13.6. The normalized spacial score (nSPS) is 24.6. The Balaban J connectivity index is 1.86. The number of ether oxygens (including phenoxy) is 1. The quantitative estimate of drug-likeness (QED) is 0.934. The molecule has 1 fully saturated rings. The number of nitrogens with zero attached hydrogens (tertiary/aromatic N) is 3. The smallest absolute Gasteiger partial charge is 0.195 e. The van der Waals surface area contributed by atoms with E-state index in [0.717, 1.165) is 16.3 Å². The average Bonchev–Trinajstić information content (AvgIpc) is 2.99. The first-order valence-corrected chi connectivity index (χ1v) is 7.40. The summed E-state index contributed by atoms with van der Waals surface area (Å²) in [5.74, 6) is 0. The van der Waals surface area contributed by atoms with Crippen LogP contribution in [-0.4, -0.2) is 51.8 Å². The van der Waals surface area contributed by atoms with Crippen LogP contribution in [0.5, 0.6) is 0 Å². The van der Waals surface area contributed by atoms with Crippen molar-refractivity contribution in [3.05, 3.63) is 21.9 Å². The summed E-state index contributed by atoms with van der Waals surface area (Å²) in [5.41, 5.74) is 2.12. The Morgan fingerprint density at radius 1 is 1.58 bits per heavy atom. The molecule has 2 aromatic rings. The van der Waals surface area contributed by atoms with Crippen LogP contribution >= 0.6 is 22.9 Å². The largest absolute Gasteiger partial charge is 0.389 e. The number of aliphatic hydroxyl groups is 1. The van der Waals surface area contributed by atoms with Gasteiger partial charge in [-0.25, -0.2) is 4.98 Å². The molecule has 19 heavy (non-hydrogen) atoms. The molecule has 0 spiro atoms. The van der Waals surface area contributed by atoms with Gasteiger partial charge in [0.25, 0.3) is 0 Å². The van der Waals surface area contributed by atoms with Gasteiger partial charge in [-0.15, -0.1) is 11.3 Å². The third-order valence-corrected chi connectivity index (χ3v) is 4.82. The van der Waals surface area contributed by atoms with E-state index in [2.05, 4.69) is 19.7 Å². The van der Waals surface area contributed by atoms with Gasteiger partial charge in [-0.1, -0.05) is 11.6 Å². The maximum Gasteiger partial charge on any atom is 0.195 e. The minimum atomic E-state index is -0.434. The molecule has 0 aliphatic carbocycles. The number of aromatic nitrogens is 2. The van der Waals surface area contributed by atoms with Crippen LogP contribution in [0.25, 0.3) is 4.96 Å². The van der Waals surface area contributed by atoms with Crippen LogP contribution in [0.2, 0.25) is 5.15 Å². The zero-order valence-corrected chi connectivity index (χ0v) is 12.4. The minimum Gasteiger partial charge on any atom is -0.389 e. The highest BCUT2D eigenvalue weighted by atomic mass is 35.5. The molecule has 1 aliphatic rings. The van der Waals surface area contributed by atoms with Crippen LogP contribution in [0, 0.1) is 6.92 Å². The van der Waals surface area contributed by atoms with Crippen molar-refractivity contribution in [2.45, 2.75) is 25.7 Å². The fraction of sp³-hybridized carbons (Fsp3) is 0.583. The van der Waals surface area contributed by atoms with Gasteiger partial charge in [-0.3, -0.25) is 9.30 Å². The van der Waals surface area contributed by atoms with E-state index in [1.54, 1.807) is 18.4 Å². The van der Waals surface area contributed by atoms with Crippen LogP contribution < -0.4 is 0 Å². The van der Waals surface area contributed by atoms with E-state index in [0.29, 0.717) is 24.8 Å². The topological polar surface area (TPSA) is 50.0 Å². The molecule has 1 N–H and O–H groups in total. The van der Waals surface area contributed by atoms with Crippen molar-refractivity contribution in [2.75, 3.05) is 20.2 Å². The SMILES string of the molecule is CO[C@H]1CN(Cc2c(Cl)nc3scc(C)n23)C[C@@H]1O. The van der Waals surface area contributed by atoms with Gasteiger partial charge >= 0.3 is 0 Å². The number of fused-ring (bicyclic) bond motifs is 1. The molecule has 3 rings (SSSR count). The Morgan fingerprint density at radius 3 is 3.05 bits per heavy atom. The van der Waals surface area contributed by atoms with Crippen molar-refractivity contribution in [1.82, 2.24) is 14.3 Å². The molecular formula is C12H16ClN3O2S. The first kappa shape index (κ1) is 13.3. The van der Waals surface area contributed by atoms with Gasteiger partial charge < -0.3 is 9.84 Å². The van der Waals surface area contributed by atoms with Crippen LogP contribution in [0.4, 0.5) is 0 Å². The molecule has 0 saturated carbocycles. The van der Waals surface area contributed by atoms with Gasteiger partial charge in [-0.05, 0) is 6.92 Å². The van der Waals surface area contributed by atoms with Crippen LogP contribution in [0.3, 0.4) is 0 Å². The number of halogens is 1. The molecule has 0 radical (unpaired) electrons. The molecular weight excluding hydrogens is 286 g/mol. The summed E-state index contributed by atoms with van der Waals surface area (Å²) in [5, 5.41) is 12.5. The lowest BCUT2D eigenvalue weighted by molar-refractivity contribution is 0.0214. The molecule has 0 unspecified atom stereocenters. The number of aryl methyl sites for hydroxylation is 1. The summed E-state index contributed by atoms with van der Waals surface area (Å²) in [4.78, 5) is 7.42. The Labute approximate surface area is 120 Å². The predicted octanol–water partition coefficient (Wildman–Crippen LogP) is 1.55. The summed E-state index contributed by atoms with van der Waals surface area (Å²) in [6.45, 7) is 4.03. The fourth-order valence-corrected chi connectivity index (χ4v) is 3.74. The number of β-amino-alcohol motifs (C(OH)–C–C–N with tert-alkyl or cyclic N) is 1. The number of thiazole rings is 1. The molecule has 2 atom stereocenters. The van der Waals surface area contributed by atoms with Crippen molar-refractivity contribution in [3.8, 4) is 0 Å². The molecule has 104 valence electrons. The first-order chi connectivity index (χ1) is 9.10. The van der Waals surface area contributed by atoms with Gasteiger partial charge in [0.15, 0.2) is 10.1 Å². The second-order valence-corrected chi connectivity index (χ2v) is 6.07. The van der Waals surface area contributed by atoms with Crippen LogP contribution in [-0.2, 0) is 11.3 Å². The Kier molecular flexibility index (Phi) is 3.53. The van der Waals surface area contributed by atoms with E-state index in [1.165, 1.54) is 0 Å². The van der Waals surface area contributed by atoms with E-state index in [1.807, 2.05) is 6.92 Å². The lowest BCUT2D eigenvalue weighted by atomic mass is 10.3. The zero-order valence-electron chi connectivity index (χ0n) is 10.8. The molecule has 3 heterocycles. The number of aliphatic hydroxyl groups excluding tert-OH is 1. The van der Waals surface area contributed by atoms with Gasteiger partial charge in [0.2, 0.25) is 0 Å². The van der Waals surface area contributed by atoms with E-state index < -0.39 is 6.10 Å². The van der Waals surface area contributed by atoms with Gasteiger partial charge in [0, 0.05) is 37.8 Å². The second kappa shape index (κ2) is 5.03. The summed E-state index contributed by atoms with van der Waals surface area (Å²) >= 11 is 7.81. The molecule has 0 aromatic carbocycles. The molecule has 0 amide bonds. The third kappa shape index (κ3) is 2.28. The number of rotatable bonds is 3. The first-order valence-electron chi connectivity index (χ1n) is 6.14. The highest BCUT2D eigenvalue weighted by Crippen LogP contribution is 2.26. The van der Waals surface area contributed by atoms with Crippen molar-refractivity contribution >= 4 is 27.9 Å². The second-order valence-electron chi connectivity index (χ2n) is 4.88. The van der Waals surface area contributed by atoms with Gasteiger partial charge in [-0.2, -0.15) is 0 Å². The molecule has 2 aromatic heterocycles. The number of hydrogen-bond acceptors (Lipinski definition) is 5. The standard InChI is InChI=1S/C12H16ClN3O2S/c1-7-6-19-12-14-11(13)8(16(7)12)3-15-4-9(17)10(5-15)18-2/h6,9-10,17H,3-5H2,1-2H3/t9-,10-/m0/s1. The lowest BCUT2D eigenvalue weighted by Crippen LogP contribution is -2.25. The van der Waals surface area contributed by atoms with Crippen LogP contribution in [0.15, 0.2) is 5.38 Å². The Morgan fingerprint density at radius 2 is 2.37 bits per heavy atom.